The van der Waals surface area contributed by atoms with Gasteiger partial charge in [0.25, 0.3) is 0 Å². The van der Waals surface area contributed by atoms with Gasteiger partial charge in [0.2, 0.25) is 11.8 Å². The van der Waals surface area contributed by atoms with Gasteiger partial charge in [0.1, 0.15) is 0 Å². The molecule has 0 amide bonds. The molecule has 84 valence electrons. The van der Waals surface area contributed by atoms with Crippen molar-refractivity contribution >= 4 is 5.95 Å². The van der Waals surface area contributed by atoms with Gasteiger partial charge in [0.05, 0.1) is 12.4 Å². The van der Waals surface area contributed by atoms with Crippen LogP contribution in [0, 0.1) is 12.7 Å². The molecule has 0 aromatic carbocycles. The predicted octanol–water partition coefficient (Wildman–Crippen LogP) is 0.962. The zero-order chi connectivity index (χ0) is 11.4. The fourth-order valence-electron chi connectivity index (χ4n) is 1.13. The van der Waals surface area contributed by atoms with E-state index < -0.39 is 5.82 Å². The maximum absolute atomic E-state index is 12.5. The molecule has 2 heterocycles. The lowest BCUT2D eigenvalue weighted by atomic mass is 10.4. The number of aryl methyl sites for hydroxylation is 1. The van der Waals surface area contributed by atoms with Gasteiger partial charge in [-0.1, -0.05) is 5.16 Å². The first-order valence-corrected chi connectivity index (χ1v) is 4.74. The Morgan fingerprint density at radius 3 is 2.75 bits per heavy atom. The molecule has 6 nitrogen and oxygen atoms in total. The van der Waals surface area contributed by atoms with Crippen molar-refractivity contribution < 1.29 is 8.91 Å². The molecule has 0 saturated carbocycles. The van der Waals surface area contributed by atoms with Crippen LogP contribution in [-0.4, -0.2) is 26.7 Å². The van der Waals surface area contributed by atoms with Crippen molar-refractivity contribution in [2.75, 3.05) is 11.9 Å². The quantitative estimate of drug-likeness (QED) is 0.831. The van der Waals surface area contributed by atoms with Crippen LogP contribution in [0.15, 0.2) is 16.9 Å². The number of nitrogens with zero attached hydrogens (tertiary/aromatic N) is 4. The second-order valence-corrected chi connectivity index (χ2v) is 3.14. The lowest BCUT2D eigenvalue weighted by molar-refractivity contribution is 0.377. The van der Waals surface area contributed by atoms with Crippen LogP contribution in [0.2, 0.25) is 0 Å². The molecular weight excluding hydrogens is 213 g/mol. The summed E-state index contributed by atoms with van der Waals surface area (Å²) in [5.41, 5.74) is 0. The molecule has 0 fully saturated rings. The van der Waals surface area contributed by atoms with Gasteiger partial charge in [0.15, 0.2) is 11.6 Å². The summed E-state index contributed by atoms with van der Waals surface area (Å²) in [4.78, 5) is 11.5. The Kier molecular flexibility index (Phi) is 3.04. The third-order valence-electron chi connectivity index (χ3n) is 1.81. The Morgan fingerprint density at radius 1 is 1.38 bits per heavy atom. The van der Waals surface area contributed by atoms with Crippen molar-refractivity contribution in [3.63, 3.8) is 0 Å². The second-order valence-electron chi connectivity index (χ2n) is 3.14. The first-order chi connectivity index (χ1) is 7.74. The van der Waals surface area contributed by atoms with E-state index in [9.17, 15) is 4.39 Å². The van der Waals surface area contributed by atoms with Crippen molar-refractivity contribution in [1.29, 1.82) is 0 Å². The van der Waals surface area contributed by atoms with Gasteiger partial charge in [-0.25, -0.2) is 14.4 Å². The SMILES string of the molecule is Cc1noc(CCNc2ncc(F)cn2)n1. The molecular formula is C9H10FN5O. The van der Waals surface area contributed by atoms with E-state index in [1.165, 1.54) is 0 Å². The number of halogens is 1. The molecule has 0 aliphatic heterocycles. The lowest BCUT2D eigenvalue weighted by Crippen LogP contribution is -2.08. The maximum atomic E-state index is 12.5. The number of nitrogens with one attached hydrogen (secondary N) is 1. The molecule has 0 unspecified atom stereocenters. The van der Waals surface area contributed by atoms with Gasteiger partial charge in [0, 0.05) is 13.0 Å². The average molecular weight is 223 g/mol. The molecule has 16 heavy (non-hydrogen) atoms. The minimum absolute atomic E-state index is 0.373. The van der Waals surface area contributed by atoms with Gasteiger partial charge >= 0.3 is 0 Å². The van der Waals surface area contributed by atoms with E-state index in [0.29, 0.717) is 30.6 Å². The zero-order valence-corrected chi connectivity index (χ0v) is 8.64. The molecule has 2 aromatic heterocycles. The fourth-order valence-corrected chi connectivity index (χ4v) is 1.13. The van der Waals surface area contributed by atoms with Crippen molar-refractivity contribution in [1.82, 2.24) is 20.1 Å². The average Bonchev–Trinajstić information content (AvgIpc) is 2.67. The minimum Gasteiger partial charge on any atom is -0.354 e. The monoisotopic (exact) mass is 223 g/mol. The Bertz CT molecular complexity index is 455. The molecule has 0 spiro atoms. The van der Waals surface area contributed by atoms with E-state index in [2.05, 4.69) is 25.4 Å². The van der Waals surface area contributed by atoms with E-state index in [1.807, 2.05) is 0 Å². The van der Waals surface area contributed by atoms with Crippen molar-refractivity contribution in [2.45, 2.75) is 13.3 Å². The van der Waals surface area contributed by atoms with Crippen LogP contribution in [-0.2, 0) is 6.42 Å². The summed E-state index contributed by atoms with van der Waals surface area (Å²) >= 11 is 0. The van der Waals surface area contributed by atoms with Gasteiger partial charge in [-0.15, -0.1) is 0 Å². The smallest absolute Gasteiger partial charge is 0.228 e. The van der Waals surface area contributed by atoms with Crippen LogP contribution >= 0.6 is 0 Å². The number of hydrogen-bond acceptors (Lipinski definition) is 6. The first-order valence-electron chi connectivity index (χ1n) is 4.74. The summed E-state index contributed by atoms with van der Waals surface area (Å²) < 4.78 is 17.4. The number of rotatable bonds is 4. The molecule has 0 aliphatic rings. The Labute approximate surface area is 90.9 Å². The molecule has 0 radical (unpaired) electrons. The highest BCUT2D eigenvalue weighted by Gasteiger charge is 2.02. The fraction of sp³-hybridized carbons (Fsp3) is 0.333. The van der Waals surface area contributed by atoms with Crippen molar-refractivity contribution in [3.8, 4) is 0 Å². The highest BCUT2D eigenvalue weighted by molar-refractivity contribution is 5.22. The first kappa shape index (κ1) is 10.5. The molecule has 0 bridgehead atoms. The van der Waals surface area contributed by atoms with E-state index in [-0.39, 0.29) is 0 Å². The summed E-state index contributed by atoms with van der Waals surface area (Å²) in [6.45, 7) is 2.30. The van der Waals surface area contributed by atoms with Crippen molar-refractivity contribution in [3.05, 3.63) is 29.9 Å². The van der Waals surface area contributed by atoms with E-state index in [0.717, 1.165) is 12.4 Å². The molecule has 0 saturated heterocycles. The van der Waals surface area contributed by atoms with Crippen LogP contribution in [0.5, 0.6) is 0 Å². The summed E-state index contributed by atoms with van der Waals surface area (Å²) in [5, 5.41) is 6.57. The van der Waals surface area contributed by atoms with E-state index in [1.54, 1.807) is 6.92 Å². The predicted molar refractivity (Wildman–Crippen MR) is 53.2 cm³/mol. The molecule has 0 aliphatic carbocycles. The lowest BCUT2D eigenvalue weighted by Gasteiger charge is -2.00. The Morgan fingerprint density at radius 2 is 2.12 bits per heavy atom. The largest absolute Gasteiger partial charge is 0.354 e. The second kappa shape index (κ2) is 4.65. The zero-order valence-electron chi connectivity index (χ0n) is 8.64. The standard InChI is InChI=1S/C9H10FN5O/c1-6-14-8(16-15-6)2-3-11-9-12-4-7(10)5-13-9/h4-5H,2-3H2,1H3,(H,11,12,13). The maximum Gasteiger partial charge on any atom is 0.228 e. The molecule has 1 N–H and O–H groups in total. The summed E-state index contributed by atoms with van der Waals surface area (Å²) in [7, 11) is 0. The van der Waals surface area contributed by atoms with Crippen LogP contribution in [0.4, 0.5) is 10.3 Å². The van der Waals surface area contributed by atoms with Crippen LogP contribution in [0.3, 0.4) is 0 Å². The third-order valence-corrected chi connectivity index (χ3v) is 1.81. The van der Waals surface area contributed by atoms with Gasteiger partial charge in [-0.3, -0.25) is 0 Å². The molecule has 0 atom stereocenters. The molecule has 2 rings (SSSR count). The highest BCUT2D eigenvalue weighted by Crippen LogP contribution is 2.00. The molecule has 7 heteroatoms. The number of aromatic nitrogens is 4. The summed E-state index contributed by atoms with van der Waals surface area (Å²) in [6, 6.07) is 0. The Hall–Kier alpha value is -2.05. The third kappa shape index (κ3) is 2.72. The van der Waals surface area contributed by atoms with Gasteiger partial charge < -0.3 is 9.84 Å². The molecule has 2 aromatic rings. The van der Waals surface area contributed by atoms with E-state index in [4.69, 9.17) is 4.52 Å². The van der Waals surface area contributed by atoms with E-state index >= 15 is 0 Å². The minimum atomic E-state index is -0.460. The summed E-state index contributed by atoms with van der Waals surface area (Å²) in [5.74, 6) is 1.07. The van der Waals surface area contributed by atoms with Crippen molar-refractivity contribution in [2.24, 2.45) is 0 Å². The van der Waals surface area contributed by atoms with Crippen LogP contribution in [0.1, 0.15) is 11.7 Å². The highest BCUT2D eigenvalue weighted by atomic mass is 19.1. The topological polar surface area (TPSA) is 76.7 Å². The number of anilines is 1. The summed E-state index contributed by atoms with van der Waals surface area (Å²) in [6.07, 6.45) is 2.78. The van der Waals surface area contributed by atoms with Gasteiger partial charge in [-0.2, -0.15) is 4.98 Å². The van der Waals surface area contributed by atoms with Crippen LogP contribution < -0.4 is 5.32 Å². The van der Waals surface area contributed by atoms with Crippen LogP contribution in [0.25, 0.3) is 0 Å². The number of hydrogen-bond donors (Lipinski definition) is 1. The van der Waals surface area contributed by atoms with Gasteiger partial charge in [-0.05, 0) is 6.92 Å². The Balaban J connectivity index is 1.82. The normalized spacial score (nSPS) is 10.4.